The zero-order valence-corrected chi connectivity index (χ0v) is 21.9. The predicted molar refractivity (Wildman–Crippen MR) is 145 cm³/mol. The molecular weight excluding hydrogens is 466 g/mol. The van der Waals surface area contributed by atoms with Crippen LogP contribution in [0.3, 0.4) is 0 Å². The monoisotopic (exact) mass is 503 g/mol. The van der Waals surface area contributed by atoms with Crippen LogP contribution in [0.1, 0.15) is 43.2 Å². The summed E-state index contributed by atoms with van der Waals surface area (Å²) in [4.78, 5) is 23.1. The third-order valence-electron chi connectivity index (χ3n) is 7.45. The first-order valence-corrected chi connectivity index (χ1v) is 13.4. The first-order valence-electron chi connectivity index (χ1n) is 13.4. The molecule has 3 heterocycles. The van der Waals surface area contributed by atoms with E-state index in [1.807, 2.05) is 47.4 Å². The van der Waals surface area contributed by atoms with E-state index in [2.05, 4.69) is 11.0 Å². The van der Waals surface area contributed by atoms with Crippen LogP contribution in [0.5, 0.6) is 11.5 Å². The molecule has 2 aliphatic heterocycles. The van der Waals surface area contributed by atoms with Crippen molar-refractivity contribution in [3.05, 3.63) is 59.7 Å². The summed E-state index contributed by atoms with van der Waals surface area (Å²) < 4.78 is 16.9. The van der Waals surface area contributed by atoms with Crippen LogP contribution in [0.25, 0.3) is 10.9 Å². The Morgan fingerprint density at radius 1 is 1.05 bits per heavy atom. The van der Waals surface area contributed by atoms with E-state index in [0.29, 0.717) is 25.9 Å². The molecule has 7 nitrogen and oxygen atoms in total. The van der Waals surface area contributed by atoms with E-state index >= 15 is 0 Å². The van der Waals surface area contributed by atoms with Crippen molar-refractivity contribution < 1.29 is 19.0 Å². The summed E-state index contributed by atoms with van der Waals surface area (Å²) in [6.45, 7) is 3.87. The molecule has 2 aliphatic rings. The van der Waals surface area contributed by atoms with Gasteiger partial charge in [0.25, 0.3) is 0 Å². The van der Waals surface area contributed by atoms with Crippen molar-refractivity contribution in [2.45, 2.75) is 51.2 Å². The Balaban J connectivity index is 1.43. The quantitative estimate of drug-likeness (QED) is 0.388. The standard InChI is InChI=1S/C30H37N3O4/c1-35-25-13-11-23-18-24(30(31-27(23)19-25)32-15-5-6-16-32)20-33(21-26-9-7-17-37-26)29(34)14-12-22-8-3-4-10-28(22)36-2/h3-4,8,10-11,13,18-19,26H,5-7,9,12,14-17,20-21H2,1-2H3. The molecular formula is C30H37N3O4. The van der Waals surface area contributed by atoms with Crippen molar-refractivity contribution >= 4 is 22.6 Å². The number of ether oxygens (including phenoxy) is 3. The zero-order valence-electron chi connectivity index (χ0n) is 21.9. The summed E-state index contributed by atoms with van der Waals surface area (Å²) in [6, 6.07) is 16.1. The number of anilines is 1. The van der Waals surface area contributed by atoms with E-state index < -0.39 is 0 Å². The molecule has 7 heteroatoms. The van der Waals surface area contributed by atoms with Gasteiger partial charge in [-0.1, -0.05) is 18.2 Å². The fraction of sp³-hybridized carbons (Fsp3) is 0.467. The topological polar surface area (TPSA) is 64.1 Å². The number of para-hydroxylation sites is 1. The average molecular weight is 504 g/mol. The second kappa shape index (κ2) is 11.8. The van der Waals surface area contributed by atoms with Gasteiger partial charge >= 0.3 is 0 Å². The number of carbonyl (C=O) groups excluding carboxylic acids is 1. The molecule has 0 radical (unpaired) electrons. The molecule has 1 aromatic heterocycles. The zero-order chi connectivity index (χ0) is 25.6. The van der Waals surface area contributed by atoms with E-state index in [1.54, 1.807) is 14.2 Å². The lowest BCUT2D eigenvalue weighted by Gasteiger charge is -2.28. The number of aryl methyl sites for hydroxylation is 1. The Bertz CT molecular complexity index is 1220. The molecule has 3 aromatic rings. The van der Waals surface area contributed by atoms with Crippen LogP contribution in [-0.4, -0.2) is 62.4 Å². The molecule has 196 valence electrons. The number of hydrogen-bond acceptors (Lipinski definition) is 6. The van der Waals surface area contributed by atoms with Crippen LogP contribution in [0, 0.1) is 0 Å². The maximum absolute atomic E-state index is 13.7. The number of methoxy groups -OCH3 is 2. The van der Waals surface area contributed by atoms with Gasteiger partial charge in [0.15, 0.2) is 0 Å². The molecule has 37 heavy (non-hydrogen) atoms. The fourth-order valence-electron chi connectivity index (χ4n) is 5.43. The van der Waals surface area contributed by atoms with Gasteiger partial charge in [0.05, 0.1) is 25.8 Å². The van der Waals surface area contributed by atoms with Crippen LogP contribution in [-0.2, 0) is 22.5 Å². The van der Waals surface area contributed by atoms with E-state index in [0.717, 1.165) is 84.7 Å². The highest BCUT2D eigenvalue weighted by Crippen LogP contribution is 2.30. The van der Waals surface area contributed by atoms with Crippen LogP contribution in [0.15, 0.2) is 48.5 Å². The normalized spacial score (nSPS) is 17.4. The molecule has 2 fully saturated rings. The molecule has 2 aromatic carbocycles. The summed E-state index contributed by atoms with van der Waals surface area (Å²) in [6.07, 6.45) is 5.51. The van der Waals surface area contributed by atoms with Crippen LogP contribution < -0.4 is 14.4 Å². The Morgan fingerprint density at radius 3 is 2.65 bits per heavy atom. The lowest BCUT2D eigenvalue weighted by Crippen LogP contribution is -2.37. The highest BCUT2D eigenvalue weighted by Gasteiger charge is 2.26. The summed E-state index contributed by atoms with van der Waals surface area (Å²) >= 11 is 0. The maximum Gasteiger partial charge on any atom is 0.223 e. The lowest BCUT2D eigenvalue weighted by atomic mass is 10.1. The third-order valence-corrected chi connectivity index (χ3v) is 7.45. The summed E-state index contributed by atoms with van der Waals surface area (Å²) in [7, 11) is 3.35. The Labute approximate surface area is 219 Å². The van der Waals surface area contributed by atoms with E-state index in [9.17, 15) is 4.79 Å². The Hall–Kier alpha value is -3.32. The van der Waals surface area contributed by atoms with Crippen molar-refractivity contribution in [2.24, 2.45) is 0 Å². The maximum atomic E-state index is 13.7. The minimum atomic E-state index is 0.0862. The lowest BCUT2D eigenvalue weighted by molar-refractivity contribution is -0.133. The van der Waals surface area contributed by atoms with Gasteiger partial charge in [-0.25, -0.2) is 4.98 Å². The molecule has 0 saturated carbocycles. The molecule has 1 amide bonds. The number of hydrogen-bond donors (Lipinski definition) is 0. The molecule has 0 spiro atoms. The molecule has 0 N–H and O–H groups in total. The minimum absolute atomic E-state index is 0.0862. The van der Waals surface area contributed by atoms with Gasteiger partial charge in [-0.15, -0.1) is 0 Å². The molecule has 1 atom stereocenters. The van der Waals surface area contributed by atoms with Crippen molar-refractivity contribution in [2.75, 3.05) is 45.4 Å². The third kappa shape index (κ3) is 5.99. The second-order valence-corrected chi connectivity index (χ2v) is 9.95. The summed E-state index contributed by atoms with van der Waals surface area (Å²) in [5.74, 6) is 2.73. The highest BCUT2D eigenvalue weighted by molar-refractivity contribution is 5.84. The van der Waals surface area contributed by atoms with Crippen molar-refractivity contribution in [1.29, 1.82) is 0 Å². The molecule has 5 rings (SSSR count). The van der Waals surface area contributed by atoms with Gasteiger partial charge < -0.3 is 24.0 Å². The van der Waals surface area contributed by atoms with E-state index in [-0.39, 0.29) is 12.0 Å². The largest absolute Gasteiger partial charge is 0.497 e. The number of amides is 1. The van der Waals surface area contributed by atoms with Gasteiger partial charge in [-0.05, 0) is 61.9 Å². The number of carbonyl (C=O) groups is 1. The van der Waals surface area contributed by atoms with Crippen molar-refractivity contribution in [1.82, 2.24) is 9.88 Å². The molecule has 0 aliphatic carbocycles. The smallest absolute Gasteiger partial charge is 0.223 e. The Kier molecular flexibility index (Phi) is 8.09. The van der Waals surface area contributed by atoms with E-state index in [1.165, 1.54) is 0 Å². The van der Waals surface area contributed by atoms with Gasteiger partial charge in [-0.2, -0.15) is 0 Å². The van der Waals surface area contributed by atoms with Gasteiger partial charge in [0, 0.05) is 56.2 Å². The van der Waals surface area contributed by atoms with E-state index in [4.69, 9.17) is 19.2 Å². The molecule has 2 saturated heterocycles. The SMILES string of the molecule is COc1ccc2cc(CN(CC3CCCO3)C(=O)CCc3ccccc3OC)c(N3CCCC3)nc2c1. The molecule has 0 bridgehead atoms. The minimum Gasteiger partial charge on any atom is -0.497 e. The van der Waals surface area contributed by atoms with Crippen LogP contribution >= 0.6 is 0 Å². The van der Waals surface area contributed by atoms with Crippen LogP contribution in [0.4, 0.5) is 5.82 Å². The number of benzene rings is 2. The number of fused-ring (bicyclic) bond motifs is 1. The average Bonchev–Trinajstić information content (AvgIpc) is 3.66. The van der Waals surface area contributed by atoms with Gasteiger partial charge in [0.2, 0.25) is 5.91 Å². The van der Waals surface area contributed by atoms with Crippen molar-refractivity contribution in [3.63, 3.8) is 0 Å². The first-order chi connectivity index (χ1) is 18.1. The first kappa shape index (κ1) is 25.3. The van der Waals surface area contributed by atoms with Gasteiger partial charge in [-0.3, -0.25) is 4.79 Å². The van der Waals surface area contributed by atoms with Crippen LogP contribution in [0.2, 0.25) is 0 Å². The van der Waals surface area contributed by atoms with Gasteiger partial charge in [0.1, 0.15) is 17.3 Å². The number of aromatic nitrogens is 1. The van der Waals surface area contributed by atoms with Crippen molar-refractivity contribution in [3.8, 4) is 11.5 Å². The Morgan fingerprint density at radius 2 is 1.89 bits per heavy atom. The highest BCUT2D eigenvalue weighted by atomic mass is 16.5. The summed E-state index contributed by atoms with van der Waals surface area (Å²) in [5, 5.41) is 1.05. The molecule has 1 unspecified atom stereocenters. The number of pyridine rings is 1. The predicted octanol–water partition coefficient (Wildman–Crippen LogP) is 4.99. The number of rotatable bonds is 10. The number of nitrogens with zero attached hydrogens (tertiary/aromatic N) is 3. The second-order valence-electron chi connectivity index (χ2n) is 9.95. The fourth-order valence-corrected chi connectivity index (χ4v) is 5.43. The summed E-state index contributed by atoms with van der Waals surface area (Å²) in [5.41, 5.74) is 3.05.